The van der Waals surface area contributed by atoms with Crippen LogP contribution in [0.1, 0.15) is 26.3 Å². The SMILES string of the molecule is CC1(C)CN(C(C)(CN)Cc2cccc(F)c2)CCS1. The van der Waals surface area contributed by atoms with Crippen molar-refractivity contribution in [3.63, 3.8) is 0 Å². The smallest absolute Gasteiger partial charge is 0.123 e. The summed E-state index contributed by atoms with van der Waals surface area (Å²) in [4.78, 5) is 2.48. The Labute approximate surface area is 125 Å². The van der Waals surface area contributed by atoms with Crippen LogP contribution in [0.15, 0.2) is 24.3 Å². The van der Waals surface area contributed by atoms with Crippen LogP contribution in [0.25, 0.3) is 0 Å². The number of hydrogen-bond acceptors (Lipinski definition) is 3. The summed E-state index contributed by atoms with van der Waals surface area (Å²) in [5, 5.41) is 0. The first-order chi connectivity index (χ1) is 9.35. The molecule has 0 radical (unpaired) electrons. The van der Waals surface area contributed by atoms with E-state index in [1.54, 1.807) is 12.1 Å². The predicted octanol–water partition coefficient (Wildman–Crippen LogP) is 2.91. The van der Waals surface area contributed by atoms with E-state index in [9.17, 15) is 4.39 Å². The summed E-state index contributed by atoms with van der Waals surface area (Å²) < 4.78 is 13.6. The number of thioether (sulfide) groups is 1. The van der Waals surface area contributed by atoms with E-state index in [1.165, 1.54) is 6.07 Å². The lowest BCUT2D eigenvalue weighted by Gasteiger charge is -2.47. The Balaban J connectivity index is 2.16. The molecule has 1 aliphatic rings. The maximum atomic E-state index is 13.4. The molecule has 2 rings (SSSR count). The fourth-order valence-electron chi connectivity index (χ4n) is 2.88. The van der Waals surface area contributed by atoms with Gasteiger partial charge in [0.2, 0.25) is 0 Å². The molecule has 1 heterocycles. The van der Waals surface area contributed by atoms with Gasteiger partial charge in [-0.3, -0.25) is 4.90 Å². The molecule has 0 aliphatic carbocycles. The molecule has 1 saturated heterocycles. The van der Waals surface area contributed by atoms with Crippen LogP contribution in [0.4, 0.5) is 4.39 Å². The molecular formula is C16H25FN2S. The molecular weight excluding hydrogens is 271 g/mol. The zero-order valence-electron chi connectivity index (χ0n) is 12.7. The Kier molecular flexibility index (Phi) is 4.77. The molecule has 1 unspecified atom stereocenters. The minimum Gasteiger partial charge on any atom is -0.329 e. The molecule has 1 atom stereocenters. The van der Waals surface area contributed by atoms with E-state index in [2.05, 4.69) is 25.7 Å². The molecule has 0 bridgehead atoms. The predicted molar refractivity (Wildman–Crippen MR) is 85.7 cm³/mol. The molecule has 0 amide bonds. The van der Waals surface area contributed by atoms with E-state index in [-0.39, 0.29) is 16.1 Å². The second-order valence-corrected chi connectivity index (χ2v) is 8.34. The van der Waals surface area contributed by atoms with Crippen molar-refractivity contribution in [3.8, 4) is 0 Å². The van der Waals surface area contributed by atoms with Gasteiger partial charge in [-0.1, -0.05) is 12.1 Å². The number of halogens is 1. The third-order valence-electron chi connectivity index (χ3n) is 4.10. The molecule has 4 heteroatoms. The van der Waals surface area contributed by atoms with Crippen LogP contribution in [0.5, 0.6) is 0 Å². The molecule has 1 aliphatic heterocycles. The van der Waals surface area contributed by atoms with Gasteiger partial charge in [-0.2, -0.15) is 11.8 Å². The van der Waals surface area contributed by atoms with E-state index in [0.717, 1.165) is 30.8 Å². The van der Waals surface area contributed by atoms with Crippen molar-refractivity contribution in [1.29, 1.82) is 0 Å². The second kappa shape index (κ2) is 6.04. The van der Waals surface area contributed by atoms with Crippen LogP contribution in [-0.2, 0) is 6.42 Å². The molecule has 1 aromatic rings. The summed E-state index contributed by atoms with van der Waals surface area (Å²) >= 11 is 2.02. The van der Waals surface area contributed by atoms with Crippen molar-refractivity contribution in [1.82, 2.24) is 4.90 Å². The van der Waals surface area contributed by atoms with E-state index in [1.807, 2.05) is 17.8 Å². The first-order valence-corrected chi connectivity index (χ1v) is 8.17. The van der Waals surface area contributed by atoms with Crippen LogP contribution < -0.4 is 5.73 Å². The van der Waals surface area contributed by atoms with E-state index < -0.39 is 0 Å². The highest BCUT2D eigenvalue weighted by Crippen LogP contribution is 2.34. The van der Waals surface area contributed by atoms with Crippen molar-refractivity contribution in [2.24, 2.45) is 5.73 Å². The normalized spacial score (nSPS) is 22.4. The minimum absolute atomic E-state index is 0.105. The van der Waals surface area contributed by atoms with Gasteiger partial charge in [0, 0.05) is 35.7 Å². The van der Waals surface area contributed by atoms with Crippen molar-refractivity contribution in [3.05, 3.63) is 35.6 Å². The number of benzene rings is 1. The molecule has 2 N–H and O–H groups in total. The number of nitrogens with zero attached hydrogens (tertiary/aromatic N) is 1. The van der Waals surface area contributed by atoms with Crippen molar-refractivity contribution >= 4 is 11.8 Å². The Morgan fingerprint density at radius 2 is 2.20 bits per heavy atom. The van der Waals surface area contributed by atoms with Gasteiger partial charge in [-0.25, -0.2) is 4.39 Å². The van der Waals surface area contributed by atoms with Crippen LogP contribution in [-0.4, -0.2) is 40.6 Å². The fourth-order valence-corrected chi connectivity index (χ4v) is 3.99. The largest absolute Gasteiger partial charge is 0.329 e. The average molecular weight is 296 g/mol. The highest BCUT2D eigenvalue weighted by molar-refractivity contribution is 8.00. The first kappa shape index (κ1) is 15.8. The lowest BCUT2D eigenvalue weighted by atomic mass is 9.89. The molecule has 112 valence electrons. The molecule has 0 aromatic heterocycles. The maximum Gasteiger partial charge on any atom is 0.123 e. The third kappa shape index (κ3) is 3.74. The minimum atomic E-state index is -0.170. The van der Waals surface area contributed by atoms with Crippen LogP contribution >= 0.6 is 11.8 Å². The van der Waals surface area contributed by atoms with E-state index >= 15 is 0 Å². The third-order valence-corrected chi connectivity index (χ3v) is 5.40. The van der Waals surface area contributed by atoms with Gasteiger partial charge in [0.25, 0.3) is 0 Å². The Hall–Kier alpha value is -0.580. The van der Waals surface area contributed by atoms with Gasteiger partial charge in [0.15, 0.2) is 0 Å². The average Bonchev–Trinajstić information content (AvgIpc) is 2.37. The monoisotopic (exact) mass is 296 g/mol. The topological polar surface area (TPSA) is 29.3 Å². The lowest BCUT2D eigenvalue weighted by Crippen LogP contribution is -2.59. The quantitative estimate of drug-likeness (QED) is 0.926. The van der Waals surface area contributed by atoms with Crippen molar-refractivity contribution in [2.75, 3.05) is 25.4 Å². The Morgan fingerprint density at radius 1 is 1.45 bits per heavy atom. The lowest BCUT2D eigenvalue weighted by molar-refractivity contribution is 0.104. The van der Waals surface area contributed by atoms with Gasteiger partial charge < -0.3 is 5.73 Å². The summed E-state index contributed by atoms with van der Waals surface area (Å²) in [5.41, 5.74) is 6.99. The van der Waals surface area contributed by atoms with E-state index in [0.29, 0.717) is 6.54 Å². The van der Waals surface area contributed by atoms with Crippen LogP contribution in [0.2, 0.25) is 0 Å². The molecule has 1 aromatic carbocycles. The van der Waals surface area contributed by atoms with Gasteiger partial charge >= 0.3 is 0 Å². The zero-order valence-corrected chi connectivity index (χ0v) is 13.5. The molecule has 2 nitrogen and oxygen atoms in total. The number of hydrogen-bond donors (Lipinski definition) is 1. The summed E-state index contributed by atoms with van der Waals surface area (Å²) in [5.74, 6) is 0.961. The van der Waals surface area contributed by atoms with Gasteiger partial charge in [0.1, 0.15) is 5.82 Å². The first-order valence-electron chi connectivity index (χ1n) is 7.18. The zero-order chi connectivity index (χ0) is 14.8. The van der Waals surface area contributed by atoms with Gasteiger partial charge in [-0.15, -0.1) is 0 Å². The van der Waals surface area contributed by atoms with Crippen molar-refractivity contribution < 1.29 is 4.39 Å². The van der Waals surface area contributed by atoms with E-state index in [4.69, 9.17) is 5.73 Å². The number of nitrogens with two attached hydrogens (primary N) is 1. The standard InChI is InChI=1S/C16H25FN2S/c1-15(2)12-19(7-8-20-15)16(3,11-18)10-13-5-4-6-14(17)9-13/h4-6,9H,7-8,10-12,18H2,1-3H3. The summed E-state index contributed by atoms with van der Waals surface area (Å²) in [6, 6.07) is 6.88. The van der Waals surface area contributed by atoms with Crippen LogP contribution in [0.3, 0.4) is 0 Å². The summed E-state index contributed by atoms with van der Waals surface area (Å²) in [6.45, 7) is 9.43. The summed E-state index contributed by atoms with van der Waals surface area (Å²) in [7, 11) is 0. The highest BCUT2D eigenvalue weighted by atomic mass is 32.2. The van der Waals surface area contributed by atoms with Gasteiger partial charge in [-0.05, 0) is 44.9 Å². The highest BCUT2D eigenvalue weighted by Gasteiger charge is 2.37. The molecule has 1 fully saturated rings. The van der Waals surface area contributed by atoms with Crippen LogP contribution in [0, 0.1) is 5.82 Å². The molecule has 0 saturated carbocycles. The fraction of sp³-hybridized carbons (Fsp3) is 0.625. The number of rotatable bonds is 4. The second-order valence-electron chi connectivity index (χ2n) is 6.54. The summed E-state index contributed by atoms with van der Waals surface area (Å²) in [6.07, 6.45) is 0.794. The molecule has 0 spiro atoms. The maximum absolute atomic E-state index is 13.4. The Bertz CT molecular complexity index is 464. The van der Waals surface area contributed by atoms with Gasteiger partial charge in [0.05, 0.1) is 0 Å². The Morgan fingerprint density at radius 3 is 2.80 bits per heavy atom. The molecule has 20 heavy (non-hydrogen) atoms. The van der Waals surface area contributed by atoms with Crippen molar-refractivity contribution in [2.45, 2.75) is 37.5 Å².